The van der Waals surface area contributed by atoms with Crippen molar-refractivity contribution in [1.82, 2.24) is 4.98 Å². The summed E-state index contributed by atoms with van der Waals surface area (Å²) in [5, 5.41) is 23.1. The maximum absolute atomic E-state index is 10.9. The lowest BCUT2D eigenvalue weighted by atomic mass is 10.0. The maximum Gasteiger partial charge on any atom is 0.311 e. The quantitative estimate of drug-likeness (QED) is 0.598. The van der Waals surface area contributed by atoms with E-state index in [9.17, 15) is 15.2 Å². The summed E-state index contributed by atoms with van der Waals surface area (Å²) in [7, 11) is 0. The molecule has 0 aliphatic rings. The number of rotatable bonds is 6. The highest BCUT2D eigenvalue weighted by atomic mass is 16.6. The van der Waals surface area contributed by atoms with Crippen molar-refractivity contribution in [3.8, 4) is 0 Å². The Kier molecular flexibility index (Phi) is 5.03. The topological polar surface area (TPSA) is 88.3 Å². The minimum atomic E-state index is -0.466. The van der Waals surface area contributed by atoms with Crippen molar-refractivity contribution in [2.75, 3.05) is 11.9 Å². The van der Waals surface area contributed by atoms with E-state index in [0.717, 1.165) is 12.0 Å². The summed E-state index contributed by atoms with van der Waals surface area (Å²) < 4.78 is 0. The van der Waals surface area contributed by atoms with Gasteiger partial charge in [0.1, 0.15) is 0 Å². The third-order valence-corrected chi connectivity index (χ3v) is 2.52. The molecule has 1 aromatic rings. The molecule has 1 aromatic heterocycles. The lowest BCUT2D eigenvalue weighted by molar-refractivity contribution is -0.384. The molecule has 1 heterocycles. The first kappa shape index (κ1) is 14.4. The first-order valence-corrected chi connectivity index (χ1v) is 5.92. The van der Waals surface area contributed by atoms with Crippen LogP contribution in [0.1, 0.15) is 25.8 Å². The SMILES string of the molecule is Cc1cnc(NC(CO)CC(C)C)c([N+](=O)[O-])c1. The van der Waals surface area contributed by atoms with Gasteiger partial charge in [-0.1, -0.05) is 13.8 Å². The van der Waals surface area contributed by atoms with Gasteiger partial charge in [-0.05, 0) is 24.8 Å². The number of pyridine rings is 1. The Morgan fingerprint density at radius 2 is 2.22 bits per heavy atom. The molecule has 0 fully saturated rings. The summed E-state index contributed by atoms with van der Waals surface area (Å²) in [6.45, 7) is 5.73. The highest BCUT2D eigenvalue weighted by Gasteiger charge is 2.19. The van der Waals surface area contributed by atoms with E-state index in [1.807, 2.05) is 13.8 Å². The lowest BCUT2D eigenvalue weighted by Crippen LogP contribution is -2.26. The molecule has 0 saturated heterocycles. The molecule has 6 heteroatoms. The van der Waals surface area contributed by atoms with E-state index in [0.29, 0.717) is 5.92 Å². The first-order chi connectivity index (χ1) is 8.43. The third-order valence-electron chi connectivity index (χ3n) is 2.52. The van der Waals surface area contributed by atoms with Gasteiger partial charge in [0.15, 0.2) is 0 Å². The van der Waals surface area contributed by atoms with Crippen LogP contribution < -0.4 is 5.32 Å². The predicted octanol–water partition coefficient (Wildman–Crippen LogP) is 2.12. The van der Waals surface area contributed by atoms with Crippen LogP contribution in [0.15, 0.2) is 12.3 Å². The number of nitrogens with zero attached hydrogens (tertiary/aromatic N) is 2. The van der Waals surface area contributed by atoms with Crippen molar-refractivity contribution < 1.29 is 10.0 Å². The van der Waals surface area contributed by atoms with Gasteiger partial charge in [-0.2, -0.15) is 0 Å². The fourth-order valence-electron chi connectivity index (χ4n) is 1.75. The molecule has 6 nitrogen and oxygen atoms in total. The monoisotopic (exact) mass is 253 g/mol. The summed E-state index contributed by atoms with van der Waals surface area (Å²) in [6.07, 6.45) is 2.29. The van der Waals surface area contributed by atoms with E-state index in [2.05, 4.69) is 10.3 Å². The minimum absolute atomic E-state index is 0.0581. The highest BCUT2D eigenvalue weighted by Crippen LogP contribution is 2.24. The molecule has 0 aromatic carbocycles. The lowest BCUT2D eigenvalue weighted by Gasteiger charge is -2.18. The van der Waals surface area contributed by atoms with Gasteiger partial charge < -0.3 is 10.4 Å². The summed E-state index contributed by atoms with van der Waals surface area (Å²) in [5.41, 5.74) is 0.675. The van der Waals surface area contributed by atoms with E-state index < -0.39 is 4.92 Å². The molecule has 0 radical (unpaired) electrons. The summed E-state index contributed by atoms with van der Waals surface area (Å²) in [5.74, 6) is 0.601. The molecule has 0 saturated carbocycles. The molecule has 1 rings (SSSR count). The van der Waals surface area contributed by atoms with Crippen molar-refractivity contribution >= 4 is 11.5 Å². The Balaban J connectivity index is 2.91. The van der Waals surface area contributed by atoms with E-state index >= 15 is 0 Å². The molecule has 18 heavy (non-hydrogen) atoms. The van der Waals surface area contributed by atoms with Crippen LogP contribution in [0.5, 0.6) is 0 Å². The molecular formula is C12H19N3O3. The van der Waals surface area contributed by atoms with Gasteiger partial charge in [-0.3, -0.25) is 10.1 Å². The Hall–Kier alpha value is -1.69. The van der Waals surface area contributed by atoms with Crippen molar-refractivity contribution in [2.24, 2.45) is 5.92 Å². The molecule has 2 N–H and O–H groups in total. The normalized spacial score (nSPS) is 12.5. The van der Waals surface area contributed by atoms with Gasteiger partial charge in [0.05, 0.1) is 17.6 Å². The van der Waals surface area contributed by atoms with Crippen molar-refractivity contribution in [1.29, 1.82) is 0 Å². The molecule has 0 amide bonds. The van der Waals surface area contributed by atoms with Crippen LogP contribution in [0.2, 0.25) is 0 Å². The number of aromatic nitrogens is 1. The van der Waals surface area contributed by atoms with Crippen molar-refractivity contribution in [2.45, 2.75) is 33.2 Å². The van der Waals surface area contributed by atoms with Gasteiger partial charge in [0.2, 0.25) is 5.82 Å². The first-order valence-electron chi connectivity index (χ1n) is 5.92. The van der Waals surface area contributed by atoms with Crippen LogP contribution in [-0.4, -0.2) is 27.7 Å². The molecule has 0 aliphatic carbocycles. The number of aliphatic hydroxyl groups is 1. The molecule has 0 aliphatic heterocycles. The van der Waals surface area contributed by atoms with Crippen molar-refractivity contribution in [3.05, 3.63) is 27.9 Å². The fraction of sp³-hybridized carbons (Fsp3) is 0.583. The number of aryl methyl sites for hydroxylation is 1. The second-order valence-electron chi connectivity index (χ2n) is 4.79. The van der Waals surface area contributed by atoms with Gasteiger partial charge in [0, 0.05) is 12.3 Å². The van der Waals surface area contributed by atoms with Crippen molar-refractivity contribution in [3.63, 3.8) is 0 Å². The average Bonchev–Trinajstić information content (AvgIpc) is 2.29. The summed E-state index contributed by atoms with van der Waals surface area (Å²) in [6, 6.07) is 1.25. The fourth-order valence-corrected chi connectivity index (χ4v) is 1.75. The number of hydrogen-bond donors (Lipinski definition) is 2. The number of anilines is 1. The Bertz CT molecular complexity index is 421. The number of hydrogen-bond acceptors (Lipinski definition) is 5. The average molecular weight is 253 g/mol. The van der Waals surface area contributed by atoms with Gasteiger partial charge in [-0.25, -0.2) is 4.98 Å². The predicted molar refractivity (Wildman–Crippen MR) is 69.6 cm³/mol. The third kappa shape index (κ3) is 3.96. The Labute approximate surface area is 106 Å². The van der Waals surface area contributed by atoms with E-state index in [-0.39, 0.29) is 24.2 Å². The van der Waals surface area contributed by atoms with Gasteiger partial charge in [0.25, 0.3) is 0 Å². The zero-order valence-electron chi connectivity index (χ0n) is 10.9. The van der Waals surface area contributed by atoms with Crippen LogP contribution in [0, 0.1) is 23.0 Å². The molecule has 0 spiro atoms. The second-order valence-corrected chi connectivity index (χ2v) is 4.79. The summed E-state index contributed by atoms with van der Waals surface area (Å²) >= 11 is 0. The smallest absolute Gasteiger partial charge is 0.311 e. The zero-order valence-corrected chi connectivity index (χ0v) is 10.9. The molecule has 100 valence electrons. The largest absolute Gasteiger partial charge is 0.394 e. The van der Waals surface area contributed by atoms with Crippen LogP contribution in [-0.2, 0) is 0 Å². The van der Waals surface area contributed by atoms with Crippen LogP contribution >= 0.6 is 0 Å². The minimum Gasteiger partial charge on any atom is -0.394 e. The molecule has 0 bridgehead atoms. The maximum atomic E-state index is 10.9. The molecular weight excluding hydrogens is 234 g/mol. The Morgan fingerprint density at radius 1 is 1.56 bits per heavy atom. The number of nitro groups is 1. The highest BCUT2D eigenvalue weighted by molar-refractivity contribution is 5.57. The van der Waals surface area contributed by atoms with E-state index in [1.54, 1.807) is 13.1 Å². The van der Waals surface area contributed by atoms with E-state index in [1.165, 1.54) is 6.07 Å². The zero-order chi connectivity index (χ0) is 13.7. The number of nitrogens with one attached hydrogen (secondary N) is 1. The van der Waals surface area contributed by atoms with Gasteiger partial charge in [-0.15, -0.1) is 0 Å². The Morgan fingerprint density at radius 3 is 2.72 bits per heavy atom. The van der Waals surface area contributed by atoms with Crippen LogP contribution in [0.3, 0.4) is 0 Å². The van der Waals surface area contributed by atoms with E-state index in [4.69, 9.17) is 0 Å². The standard InChI is InChI=1S/C12H19N3O3/c1-8(2)4-10(7-16)14-12-11(15(17)18)5-9(3)6-13-12/h5-6,8,10,16H,4,7H2,1-3H3,(H,13,14). The van der Waals surface area contributed by atoms with Crippen LogP contribution in [0.4, 0.5) is 11.5 Å². The molecule has 1 unspecified atom stereocenters. The summed E-state index contributed by atoms with van der Waals surface area (Å²) in [4.78, 5) is 14.5. The van der Waals surface area contributed by atoms with Crippen LogP contribution in [0.25, 0.3) is 0 Å². The second kappa shape index (κ2) is 6.30. The number of aliphatic hydroxyl groups excluding tert-OH is 1. The molecule has 1 atom stereocenters. The van der Waals surface area contributed by atoms with Gasteiger partial charge >= 0.3 is 5.69 Å².